The van der Waals surface area contributed by atoms with Gasteiger partial charge >= 0.3 is 0 Å². The maximum atomic E-state index is 13.5. The molecule has 2 nitrogen and oxygen atoms in total. The van der Waals surface area contributed by atoms with Crippen LogP contribution in [0.25, 0.3) is 0 Å². The van der Waals surface area contributed by atoms with E-state index in [4.69, 9.17) is 5.11 Å². The third-order valence-corrected chi connectivity index (χ3v) is 3.43. The molecule has 106 valence electrons. The molecule has 0 bridgehead atoms. The minimum atomic E-state index is -0.422. The van der Waals surface area contributed by atoms with Crippen LogP contribution >= 0.6 is 15.9 Å². The molecule has 0 heterocycles. The first-order valence-corrected chi connectivity index (χ1v) is 6.92. The summed E-state index contributed by atoms with van der Waals surface area (Å²) in [5.41, 5.74) is 1.66. The second-order valence-electron chi connectivity index (χ2n) is 4.42. The van der Waals surface area contributed by atoms with Crippen molar-refractivity contribution in [2.45, 2.75) is 19.7 Å². The predicted molar refractivity (Wildman–Crippen MR) is 77.0 cm³/mol. The minimum Gasteiger partial charge on any atom is -0.392 e. The molecule has 0 spiro atoms. The van der Waals surface area contributed by atoms with Crippen molar-refractivity contribution in [1.82, 2.24) is 5.32 Å². The molecule has 0 saturated carbocycles. The quantitative estimate of drug-likeness (QED) is 0.872. The first-order chi connectivity index (χ1) is 9.60. The molecular weight excluding hydrogens is 328 g/mol. The van der Waals surface area contributed by atoms with Gasteiger partial charge in [-0.25, -0.2) is 8.78 Å². The van der Waals surface area contributed by atoms with Crippen LogP contribution in [0.5, 0.6) is 0 Å². The van der Waals surface area contributed by atoms with Crippen LogP contribution in [0, 0.1) is 11.6 Å². The van der Waals surface area contributed by atoms with Crippen LogP contribution in [0.2, 0.25) is 0 Å². The molecule has 0 fully saturated rings. The Labute approximate surface area is 124 Å². The van der Waals surface area contributed by atoms with Crippen LogP contribution in [0.4, 0.5) is 8.78 Å². The van der Waals surface area contributed by atoms with Crippen LogP contribution in [0.3, 0.4) is 0 Å². The molecule has 2 N–H and O–H groups in total. The summed E-state index contributed by atoms with van der Waals surface area (Å²) in [7, 11) is 0. The Hall–Kier alpha value is -1.30. The molecule has 0 aliphatic carbocycles. The molecule has 0 saturated heterocycles. The molecule has 0 radical (unpaired) electrons. The summed E-state index contributed by atoms with van der Waals surface area (Å²) in [6, 6.07) is 9.32. The van der Waals surface area contributed by atoms with E-state index >= 15 is 0 Å². The molecule has 0 aliphatic heterocycles. The molecule has 2 rings (SSSR count). The lowest BCUT2D eigenvalue weighted by atomic mass is 10.1. The van der Waals surface area contributed by atoms with Gasteiger partial charge in [-0.2, -0.15) is 0 Å². The summed E-state index contributed by atoms with van der Waals surface area (Å²) in [6.07, 6.45) is 0. The first-order valence-electron chi connectivity index (χ1n) is 6.13. The van der Waals surface area contributed by atoms with Crippen molar-refractivity contribution < 1.29 is 13.9 Å². The lowest BCUT2D eigenvalue weighted by Crippen LogP contribution is -2.14. The monoisotopic (exact) mass is 341 g/mol. The maximum Gasteiger partial charge on any atom is 0.128 e. The summed E-state index contributed by atoms with van der Waals surface area (Å²) in [5.74, 6) is -0.690. The number of hydrogen-bond acceptors (Lipinski definition) is 2. The van der Waals surface area contributed by atoms with Crippen LogP contribution in [0.1, 0.15) is 16.7 Å². The van der Waals surface area contributed by atoms with Gasteiger partial charge < -0.3 is 10.4 Å². The maximum absolute atomic E-state index is 13.5. The number of halogens is 3. The third kappa shape index (κ3) is 3.85. The molecule has 0 aromatic heterocycles. The number of rotatable bonds is 5. The van der Waals surface area contributed by atoms with E-state index < -0.39 is 5.82 Å². The highest BCUT2D eigenvalue weighted by Gasteiger charge is 2.04. The Morgan fingerprint density at radius 2 is 1.65 bits per heavy atom. The molecular formula is C15H14BrF2NO. The minimum absolute atomic E-state index is 0.262. The van der Waals surface area contributed by atoms with Crippen molar-refractivity contribution in [3.05, 3.63) is 69.2 Å². The fraction of sp³-hybridized carbons (Fsp3) is 0.200. The van der Waals surface area contributed by atoms with Crippen molar-refractivity contribution in [2.24, 2.45) is 0 Å². The number of aliphatic hydroxyl groups excluding tert-OH is 1. The zero-order valence-electron chi connectivity index (χ0n) is 10.7. The first kappa shape index (κ1) is 15.1. The lowest BCUT2D eigenvalue weighted by Gasteiger charge is -2.08. The van der Waals surface area contributed by atoms with Gasteiger partial charge in [0.15, 0.2) is 0 Å². The SMILES string of the molecule is OCc1cc(CNCc2cc(Br)ccc2F)ccc1F. The predicted octanol–water partition coefficient (Wildman–Crippen LogP) is 3.51. The molecule has 20 heavy (non-hydrogen) atoms. The van der Waals surface area contributed by atoms with E-state index in [9.17, 15) is 8.78 Å². The van der Waals surface area contributed by atoms with E-state index in [0.717, 1.165) is 10.0 Å². The standard InChI is InChI=1S/C15H14BrF2NO/c16-13-2-4-14(17)11(6-13)8-19-7-10-1-3-15(18)12(5-10)9-20/h1-6,19-20H,7-9H2. The fourth-order valence-corrected chi connectivity index (χ4v) is 2.29. The molecule has 2 aromatic rings. The van der Waals surface area contributed by atoms with Gasteiger partial charge in [0.2, 0.25) is 0 Å². The zero-order chi connectivity index (χ0) is 14.5. The summed E-state index contributed by atoms with van der Waals surface area (Å²) in [6.45, 7) is 0.510. The Morgan fingerprint density at radius 3 is 2.40 bits per heavy atom. The third-order valence-electron chi connectivity index (χ3n) is 2.93. The van der Waals surface area contributed by atoms with Gasteiger partial charge in [0, 0.05) is 28.7 Å². The summed E-state index contributed by atoms with van der Waals surface area (Å²) >= 11 is 3.30. The highest BCUT2D eigenvalue weighted by atomic mass is 79.9. The van der Waals surface area contributed by atoms with Crippen molar-refractivity contribution in [3.8, 4) is 0 Å². The van der Waals surface area contributed by atoms with Crippen LogP contribution < -0.4 is 5.32 Å². The van der Waals surface area contributed by atoms with Gasteiger partial charge in [0.25, 0.3) is 0 Å². The van der Waals surface area contributed by atoms with Crippen LogP contribution in [-0.4, -0.2) is 5.11 Å². The second-order valence-corrected chi connectivity index (χ2v) is 5.34. The van der Waals surface area contributed by atoms with Crippen LogP contribution in [-0.2, 0) is 19.7 Å². The van der Waals surface area contributed by atoms with E-state index in [1.807, 2.05) is 0 Å². The van der Waals surface area contributed by atoms with E-state index in [0.29, 0.717) is 18.7 Å². The second kappa shape index (κ2) is 6.92. The summed E-state index contributed by atoms with van der Waals surface area (Å²) in [4.78, 5) is 0. The Kier molecular flexibility index (Phi) is 5.23. The molecule has 0 amide bonds. The smallest absolute Gasteiger partial charge is 0.128 e. The van der Waals surface area contributed by atoms with Gasteiger partial charge in [0.1, 0.15) is 11.6 Å². The van der Waals surface area contributed by atoms with E-state index in [2.05, 4.69) is 21.2 Å². The Bertz CT molecular complexity index is 604. The fourth-order valence-electron chi connectivity index (χ4n) is 1.88. The van der Waals surface area contributed by atoms with E-state index in [1.165, 1.54) is 12.1 Å². The average Bonchev–Trinajstić information content (AvgIpc) is 2.44. The average molecular weight is 342 g/mol. The molecule has 0 unspecified atom stereocenters. The highest BCUT2D eigenvalue weighted by Crippen LogP contribution is 2.16. The normalized spacial score (nSPS) is 10.8. The van der Waals surface area contributed by atoms with Gasteiger partial charge in [-0.15, -0.1) is 0 Å². The van der Waals surface area contributed by atoms with Crippen molar-refractivity contribution >= 4 is 15.9 Å². The van der Waals surface area contributed by atoms with Gasteiger partial charge in [-0.3, -0.25) is 0 Å². The molecule has 0 atom stereocenters. The van der Waals surface area contributed by atoms with Crippen molar-refractivity contribution in [2.75, 3.05) is 0 Å². The largest absolute Gasteiger partial charge is 0.392 e. The van der Waals surface area contributed by atoms with Gasteiger partial charge in [0.05, 0.1) is 6.61 Å². The number of benzene rings is 2. The van der Waals surface area contributed by atoms with E-state index in [1.54, 1.807) is 24.3 Å². The zero-order valence-corrected chi connectivity index (χ0v) is 12.3. The number of hydrogen-bond donors (Lipinski definition) is 2. The highest BCUT2D eigenvalue weighted by molar-refractivity contribution is 9.10. The lowest BCUT2D eigenvalue weighted by molar-refractivity contribution is 0.275. The molecule has 5 heteroatoms. The number of nitrogens with one attached hydrogen (secondary N) is 1. The van der Waals surface area contributed by atoms with Gasteiger partial charge in [-0.05, 0) is 35.9 Å². The Morgan fingerprint density at radius 1 is 0.950 bits per heavy atom. The van der Waals surface area contributed by atoms with Crippen LogP contribution in [0.15, 0.2) is 40.9 Å². The number of aliphatic hydroxyl groups is 1. The molecule has 0 aliphatic rings. The van der Waals surface area contributed by atoms with E-state index in [-0.39, 0.29) is 18.0 Å². The van der Waals surface area contributed by atoms with Crippen molar-refractivity contribution in [1.29, 1.82) is 0 Å². The topological polar surface area (TPSA) is 32.3 Å². The van der Waals surface area contributed by atoms with Gasteiger partial charge in [-0.1, -0.05) is 22.0 Å². The van der Waals surface area contributed by atoms with Crippen molar-refractivity contribution in [3.63, 3.8) is 0 Å². The summed E-state index contributed by atoms with van der Waals surface area (Å²) in [5, 5.41) is 12.1. The molecule has 2 aromatic carbocycles. The summed E-state index contributed by atoms with van der Waals surface area (Å²) < 4.78 is 27.6. The Balaban J connectivity index is 1.97.